The van der Waals surface area contributed by atoms with E-state index in [9.17, 15) is 4.79 Å². The number of amides is 1. The first-order valence-corrected chi connectivity index (χ1v) is 7.23. The maximum absolute atomic E-state index is 11.9. The molecule has 0 bridgehead atoms. The minimum Gasteiger partial charge on any atom is -0.494 e. The summed E-state index contributed by atoms with van der Waals surface area (Å²) in [6.45, 7) is 6.32. The van der Waals surface area contributed by atoms with E-state index >= 15 is 0 Å². The molecule has 0 saturated heterocycles. The number of ether oxygens (including phenoxy) is 1. The summed E-state index contributed by atoms with van der Waals surface area (Å²) in [5, 5.41) is 3.95. The Labute approximate surface area is 130 Å². The van der Waals surface area contributed by atoms with Crippen LogP contribution in [0.15, 0.2) is 39.9 Å². The number of hydrogen-bond donors (Lipinski definition) is 1. The van der Waals surface area contributed by atoms with Gasteiger partial charge < -0.3 is 9.15 Å². The third kappa shape index (κ3) is 4.22. The number of rotatable bonds is 6. The van der Waals surface area contributed by atoms with Crippen LogP contribution in [-0.4, -0.2) is 18.7 Å². The zero-order chi connectivity index (χ0) is 15.9. The molecule has 0 aliphatic heterocycles. The van der Waals surface area contributed by atoms with E-state index in [0.29, 0.717) is 23.7 Å². The number of nitrogens with one attached hydrogen (secondary N) is 1. The molecule has 116 valence electrons. The normalized spacial score (nSPS) is 10.9. The van der Waals surface area contributed by atoms with Gasteiger partial charge in [-0.3, -0.25) is 4.79 Å². The first-order valence-electron chi connectivity index (χ1n) is 7.23. The molecular formula is C17H20N2O3. The van der Waals surface area contributed by atoms with E-state index in [1.54, 1.807) is 26.1 Å². The molecule has 1 aromatic heterocycles. The SMILES string of the molecule is CCCOc1ccc(/C=N\NC(=O)c2cc(C)oc2C)cc1. The Morgan fingerprint density at radius 3 is 2.64 bits per heavy atom. The second-order valence-corrected chi connectivity index (χ2v) is 4.94. The van der Waals surface area contributed by atoms with Gasteiger partial charge in [0.25, 0.3) is 5.91 Å². The molecule has 0 spiro atoms. The van der Waals surface area contributed by atoms with Crippen LogP contribution in [0.1, 0.15) is 40.8 Å². The van der Waals surface area contributed by atoms with Gasteiger partial charge in [0, 0.05) is 0 Å². The monoisotopic (exact) mass is 300 g/mol. The molecular weight excluding hydrogens is 280 g/mol. The zero-order valence-corrected chi connectivity index (χ0v) is 13.1. The van der Waals surface area contributed by atoms with Crippen LogP contribution in [0.5, 0.6) is 5.75 Å². The van der Waals surface area contributed by atoms with Gasteiger partial charge in [-0.15, -0.1) is 0 Å². The predicted molar refractivity (Wildman–Crippen MR) is 85.5 cm³/mol. The molecule has 0 atom stereocenters. The molecule has 22 heavy (non-hydrogen) atoms. The summed E-state index contributed by atoms with van der Waals surface area (Å²) in [6.07, 6.45) is 2.56. The number of hydrazone groups is 1. The molecule has 0 aliphatic carbocycles. The highest BCUT2D eigenvalue weighted by Gasteiger charge is 2.12. The summed E-state index contributed by atoms with van der Waals surface area (Å²) in [4.78, 5) is 11.9. The predicted octanol–water partition coefficient (Wildman–Crippen LogP) is 3.45. The van der Waals surface area contributed by atoms with E-state index < -0.39 is 0 Å². The molecule has 2 rings (SSSR count). The first kappa shape index (κ1) is 15.8. The standard InChI is InChI=1S/C17H20N2O3/c1-4-9-21-15-7-5-14(6-8-15)11-18-19-17(20)16-10-12(2)22-13(16)3/h5-8,10-11H,4,9H2,1-3H3,(H,19,20)/b18-11-. The zero-order valence-electron chi connectivity index (χ0n) is 13.1. The minimum absolute atomic E-state index is 0.284. The van der Waals surface area contributed by atoms with Crippen LogP contribution in [0, 0.1) is 13.8 Å². The summed E-state index contributed by atoms with van der Waals surface area (Å²) in [5.41, 5.74) is 3.87. The van der Waals surface area contributed by atoms with E-state index in [1.165, 1.54) is 0 Å². The number of hydrogen-bond acceptors (Lipinski definition) is 4. The number of carbonyl (C=O) groups excluding carboxylic acids is 1. The van der Waals surface area contributed by atoms with Crippen molar-refractivity contribution in [2.45, 2.75) is 27.2 Å². The Hall–Kier alpha value is -2.56. The van der Waals surface area contributed by atoms with Crippen molar-refractivity contribution in [3.8, 4) is 5.75 Å². The Morgan fingerprint density at radius 2 is 2.05 bits per heavy atom. The van der Waals surface area contributed by atoms with Crippen LogP contribution < -0.4 is 10.2 Å². The molecule has 1 aromatic carbocycles. The number of nitrogens with zero attached hydrogens (tertiary/aromatic N) is 1. The Balaban J connectivity index is 1.92. The molecule has 0 radical (unpaired) electrons. The van der Waals surface area contributed by atoms with Gasteiger partial charge in [-0.1, -0.05) is 6.92 Å². The quantitative estimate of drug-likeness (QED) is 0.656. The van der Waals surface area contributed by atoms with Gasteiger partial charge >= 0.3 is 0 Å². The third-order valence-corrected chi connectivity index (χ3v) is 3.02. The number of aryl methyl sites for hydroxylation is 2. The summed E-state index contributed by atoms with van der Waals surface area (Å²) in [5.74, 6) is 1.83. The van der Waals surface area contributed by atoms with Crippen molar-refractivity contribution in [3.63, 3.8) is 0 Å². The van der Waals surface area contributed by atoms with Gasteiger partial charge in [0.1, 0.15) is 17.3 Å². The Kier molecular flexibility index (Phi) is 5.36. The van der Waals surface area contributed by atoms with Crippen LogP contribution in [-0.2, 0) is 0 Å². The topological polar surface area (TPSA) is 63.8 Å². The highest BCUT2D eigenvalue weighted by molar-refractivity contribution is 5.95. The van der Waals surface area contributed by atoms with E-state index in [0.717, 1.165) is 17.7 Å². The average molecular weight is 300 g/mol. The lowest BCUT2D eigenvalue weighted by molar-refractivity contribution is 0.0953. The van der Waals surface area contributed by atoms with Crippen molar-refractivity contribution in [1.82, 2.24) is 5.43 Å². The number of carbonyl (C=O) groups is 1. The Morgan fingerprint density at radius 1 is 1.32 bits per heavy atom. The second kappa shape index (κ2) is 7.45. The maximum atomic E-state index is 11.9. The first-order chi connectivity index (χ1) is 10.6. The molecule has 1 N–H and O–H groups in total. The fraction of sp³-hybridized carbons (Fsp3) is 0.294. The van der Waals surface area contributed by atoms with Gasteiger partial charge in [0.05, 0.1) is 18.4 Å². The van der Waals surface area contributed by atoms with Crippen LogP contribution in [0.4, 0.5) is 0 Å². The van der Waals surface area contributed by atoms with Gasteiger partial charge in [0.2, 0.25) is 0 Å². The van der Waals surface area contributed by atoms with Crippen LogP contribution in [0.25, 0.3) is 0 Å². The minimum atomic E-state index is -0.284. The molecule has 5 nitrogen and oxygen atoms in total. The van der Waals surface area contributed by atoms with Crippen molar-refractivity contribution < 1.29 is 13.9 Å². The molecule has 0 fully saturated rings. The fourth-order valence-electron chi connectivity index (χ4n) is 1.95. The molecule has 0 aliphatic rings. The third-order valence-electron chi connectivity index (χ3n) is 3.02. The second-order valence-electron chi connectivity index (χ2n) is 4.94. The summed E-state index contributed by atoms with van der Waals surface area (Å²) >= 11 is 0. The highest BCUT2D eigenvalue weighted by atomic mass is 16.5. The molecule has 1 amide bonds. The van der Waals surface area contributed by atoms with Crippen LogP contribution in [0.3, 0.4) is 0 Å². The molecule has 0 saturated carbocycles. The largest absolute Gasteiger partial charge is 0.494 e. The molecule has 1 heterocycles. The van der Waals surface area contributed by atoms with Crippen molar-refractivity contribution in [2.75, 3.05) is 6.61 Å². The van der Waals surface area contributed by atoms with Crippen molar-refractivity contribution in [1.29, 1.82) is 0 Å². The van der Waals surface area contributed by atoms with Gasteiger partial charge in [0.15, 0.2) is 0 Å². The lowest BCUT2D eigenvalue weighted by Crippen LogP contribution is -2.17. The summed E-state index contributed by atoms with van der Waals surface area (Å²) < 4.78 is 10.8. The lowest BCUT2D eigenvalue weighted by atomic mass is 10.2. The Bertz CT molecular complexity index is 657. The molecule has 0 unspecified atom stereocenters. The van der Waals surface area contributed by atoms with Crippen LogP contribution in [0.2, 0.25) is 0 Å². The highest BCUT2D eigenvalue weighted by Crippen LogP contribution is 2.13. The average Bonchev–Trinajstić information content (AvgIpc) is 2.85. The van der Waals surface area contributed by atoms with Gasteiger partial charge in [-0.05, 0) is 56.2 Å². The smallest absolute Gasteiger partial charge is 0.274 e. The fourth-order valence-corrected chi connectivity index (χ4v) is 1.95. The molecule has 5 heteroatoms. The van der Waals surface area contributed by atoms with E-state index in [2.05, 4.69) is 17.5 Å². The van der Waals surface area contributed by atoms with Gasteiger partial charge in [-0.2, -0.15) is 5.10 Å². The number of benzene rings is 1. The van der Waals surface area contributed by atoms with E-state index in [-0.39, 0.29) is 5.91 Å². The van der Waals surface area contributed by atoms with Crippen molar-refractivity contribution in [3.05, 3.63) is 53.0 Å². The van der Waals surface area contributed by atoms with Crippen molar-refractivity contribution >= 4 is 12.1 Å². The van der Waals surface area contributed by atoms with E-state index in [1.807, 2.05) is 24.3 Å². The van der Waals surface area contributed by atoms with Crippen LogP contribution >= 0.6 is 0 Å². The summed E-state index contributed by atoms with van der Waals surface area (Å²) in [6, 6.07) is 9.21. The van der Waals surface area contributed by atoms with E-state index in [4.69, 9.17) is 9.15 Å². The maximum Gasteiger partial charge on any atom is 0.274 e. The lowest BCUT2D eigenvalue weighted by Gasteiger charge is -2.03. The van der Waals surface area contributed by atoms with Crippen molar-refractivity contribution in [2.24, 2.45) is 5.10 Å². The number of furan rings is 1. The molecule has 2 aromatic rings. The van der Waals surface area contributed by atoms with Gasteiger partial charge in [-0.25, -0.2) is 5.43 Å². The summed E-state index contributed by atoms with van der Waals surface area (Å²) in [7, 11) is 0.